The van der Waals surface area contributed by atoms with Gasteiger partial charge < -0.3 is 19.5 Å². The van der Waals surface area contributed by atoms with Crippen LogP contribution < -0.4 is 4.74 Å². The fraction of sp³-hybridized carbons (Fsp3) is 0.333. The van der Waals surface area contributed by atoms with E-state index in [4.69, 9.17) is 21.1 Å². The predicted molar refractivity (Wildman–Crippen MR) is 127 cm³/mol. The standard InChI is InChI=1S/C24H24ClN3O7/c1-34-19-7-4-16(14-18(19)25)22(29)20-21(15-2-5-17(6-3-15)28(32)33)27(24(31)23(20)30)9-8-26-10-12-35-13-11-26/h2-7,14,21,29H,8-13H2,1H3/t21-/m0/s1. The maximum atomic E-state index is 13.1. The van der Waals surface area contributed by atoms with Gasteiger partial charge in [-0.15, -0.1) is 0 Å². The van der Waals surface area contributed by atoms with E-state index in [1.807, 2.05) is 0 Å². The quantitative estimate of drug-likeness (QED) is 0.202. The van der Waals surface area contributed by atoms with Gasteiger partial charge in [0.05, 0.1) is 41.9 Å². The molecule has 1 atom stereocenters. The van der Waals surface area contributed by atoms with Gasteiger partial charge in [0.15, 0.2) is 0 Å². The molecule has 2 aromatic carbocycles. The summed E-state index contributed by atoms with van der Waals surface area (Å²) in [5.74, 6) is -1.58. The number of hydrogen-bond acceptors (Lipinski definition) is 8. The highest BCUT2D eigenvalue weighted by molar-refractivity contribution is 6.46. The molecule has 1 N–H and O–H groups in total. The number of aliphatic hydroxyl groups is 1. The SMILES string of the molecule is COc1ccc(C(O)=C2C(=O)C(=O)N(CCN3CCOCC3)[C@H]2c2ccc([N+](=O)[O-])cc2)cc1Cl. The first kappa shape index (κ1) is 24.6. The van der Waals surface area contributed by atoms with Crippen molar-refractivity contribution >= 4 is 34.7 Å². The van der Waals surface area contributed by atoms with E-state index in [0.717, 1.165) is 0 Å². The van der Waals surface area contributed by atoms with E-state index in [0.29, 0.717) is 44.2 Å². The molecule has 10 nitrogen and oxygen atoms in total. The first-order valence-electron chi connectivity index (χ1n) is 11.0. The predicted octanol–water partition coefficient (Wildman–Crippen LogP) is 3.01. The van der Waals surface area contributed by atoms with Crippen LogP contribution in [0, 0.1) is 10.1 Å². The summed E-state index contributed by atoms with van der Waals surface area (Å²) in [6.45, 7) is 3.32. The van der Waals surface area contributed by atoms with Crippen molar-refractivity contribution in [1.82, 2.24) is 9.80 Å². The Kier molecular flexibility index (Phi) is 7.34. The first-order chi connectivity index (χ1) is 16.8. The highest BCUT2D eigenvalue weighted by Crippen LogP contribution is 2.40. The second kappa shape index (κ2) is 10.4. The van der Waals surface area contributed by atoms with E-state index >= 15 is 0 Å². The number of rotatable bonds is 7. The third-order valence-corrected chi connectivity index (χ3v) is 6.44. The normalized spacial score (nSPS) is 20.3. The number of benzene rings is 2. The van der Waals surface area contributed by atoms with Crippen molar-refractivity contribution in [2.75, 3.05) is 46.5 Å². The van der Waals surface area contributed by atoms with Crippen molar-refractivity contribution in [3.05, 3.63) is 74.3 Å². The minimum absolute atomic E-state index is 0.105. The molecule has 2 saturated heterocycles. The van der Waals surface area contributed by atoms with Crippen LogP contribution in [-0.4, -0.2) is 78.0 Å². The zero-order chi connectivity index (χ0) is 25.1. The van der Waals surface area contributed by atoms with Crippen molar-refractivity contribution in [1.29, 1.82) is 0 Å². The van der Waals surface area contributed by atoms with Crippen LogP contribution in [0.2, 0.25) is 5.02 Å². The summed E-state index contributed by atoms with van der Waals surface area (Å²) in [5, 5.41) is 22.5. The van der Waals surface area contributed by atoms with Gasteiger partial charge >= 0.3 is 0 Å². The van der Waals surface area contributed by atoms with Crippen LogP contribution >= 0.6 is 11.6 Å². The molecule has 2 aliphatic rings. The highest BCUT2D eigenvalue weighted by atomic mass is 35.5. The maximum Gasteiger partial charge on any atom is 0.295 e. The number of nitro benzene ring substituents is 1. The number of ketones is 1. The van der Waals surface area contributed by atoms with Gasteiger partial charge in [-0.05, 0) is 35.9 Å². The van der Waals surface area contributed by atoms with E-state index in [1.54, 1.807) is 6.07 Å². The minimum Gasteiger partial charge on any atom is -0.507 e. The van der Waals surface area contributed by atoms with Crippen molar-refractivity contribution < 1.29 is 29.1 Å². The van der Waals surface area contributed by atoms with Crippen LogP contribution in [0.25, 0.3) is 5.76 Å². The molecule has 0 unspecified atom stereocenters. The number of non-ortho nitro benzene ring substituents is 1. The summed E-state index contributed by atoms with van der Waals surface area (Å²) in [6.07, 6.45) is 0. The van der Waals surface area contributed by atoms with E-state index in [1.165, 1.54) is 48.4 Å². The van der Waals surface area contributed by atoms with Crippen LogP contribution in [0.1, 0.15) is 17.2 Å². The lowest BCUT2D eigenvalue weighted by molar-refractivity contribution is -0.384. The molecule has 0 radical (unpaired) electrons. The van der Waals surface area contributed by atoms with Crippen LogP contribution in [0.15, 0.2) is 48.0 Å². The Morgan fingerprint density at radius 2 is 1.86 bits per heavy atom. The monoisotopic (exact) mass is 501 g/mol. The van der Waals surface area contributed by atoms with E-state index < -0.39 is 22.7 Å². The molecule has 0 aromatic heterocycles. The molecule has 4 rings (SSSR count). The summed E-state index contributed by atoms with van der Waals surface area (Å²) in [4.78, 5) is 40.3. The van der Waals surface area contributed by atoms with Crippen molar-refractivity contribution in [2.45, 2.75) is 6.04 Å². The number of nitro groups is 1. The van der Waals surface area contributed by atoms with E-state index in [-0.39, 0.29) is 34.2 Å². The fourth-order valence-electron chi connectivity index (χ4n) is 4.28. The third kappa shape index (κ3) is 5.00. The third-order valence-electron chi connectivity index (χ3n) is 6.15. The summed E-state index contributed by atoms with van der Waals surface area (Å²) in [6, 6.07) is 9.21. The molecule has 0 aliphatic carbocycles. The summed E-state index contributed by atoms with van der Waals surface area (Å²) < 4.78 is 10.5. The topological polar surface area (TPSA) is 122 Å². The molecule has 1 amide bonds. The Labute approximate surface area is 206 Å². The lowest BCUT2D eigenvalue weighted by Crippen LogP contribution is -2.42. The number of carbonyl (C=O) groups is 2. The van der Waals surface area contributed by atoms with Gasteiger partial charge in [-0.2, -0.15) is 0 Å². The molecular formula is C24H24ClN3O7. The zero-order valence-corrected chi connectivity index (χ0v) is 19.7. The number of halogens is 1. The molecule has 2 aliphatic heterocycles. The number of Topliss-reactive ketones (excluding diaryl/α,β-unsaturated/α-hetero) is 1. The molecule has 184 valence electrons. The number of morpholine rings is 1. The first-order valence-corrected chi connectivity index (χ1v) is 11.4. The zero-order valence-electron chi connectivity index (χ0n) is 19.0. The van der Waals surface area contributed by atoms with Crippen molar-refractivity contribution in [2.24, 2.45) is 0 Å². The average molecular weight is 502 g/mol. The average Bonchev–Trinajstić information content (AvgIpc) is 3.12. The lowest BCUT2D eigenvalue weighted by Gasteiger charge is -2.31. The smallest absolute Gasteiger partial charge is 0.295 e. The van der Waals surface area contributed by atoms with Gasteiger partial charge in [0.25, 0.3) is 17.4 Å². The second-order valence-electron chi connectivity index (χ2n) is 8.14. The van der Waals surface area contributed by atoms with Crippen LogP contribution in [0.5, 0.6) is 5.75 Å². The van der Waals surface area contributed by atoms with Crippen LogP contribution in [0.3, 0.4) is 0 Å². The highest BCUT2D eigenvalue weighted by Gasteiger charge is 2.46. The van der Waals surface area contributed by atoms with Crippen molar-refractivity contribution in [3.63, 3.8) is 0 Å². The molecular weight excluding hydrogens is 478 g/mol. The number of ether oxygens (including phenoxy) is 2. The maximum absolute atomic E-state index is 13.1. The van der Waals surface area contributed by atoms with E-state index in [2.05, 4.69) is 4.90 Å². The molecule has 0 spiro atoms. The molecule has 35 heavy (non-hydrogen) atoms. The van der Waals surface area contributed by atoms with Crippen LogP contribution in [-0.2, 0) is 14.3 Å². The van der Waals surface area contributed by atoms with Crippen LogP contribution in [0.4, 0.5) is 5.69 Å². The fourth-order valence-corrected chi connectivity index (χ4v) is 4.54. The molecule has 2 aromatic rings. The van der Waals surface area contributed by atoms with Gasteiger partial charge in [-0.1, -0.05) is 11.6 Å². The van der Waals surface area contributed by atoms with Gasteiger partial charge in [-0.25, -0.2) is 0 Å². The summed E-state index contributed by atoms with van der Waals surface area (Å²) in [7, 11) is 1.45. The summed E-state index contributed by atoms with van der Waals surface area (Å²) >= 11 is 6.21. The molecule has 0 saturated carbocycles. The Bertz CT molecular complexity index is 1180. The second-order valence-corrected chi connectivity index (χ2v) is 8.55. The number of amides is 1. The molecule has 11 heteroatoms. The van der Waals surface area contributed by atoms with Gasteiger partial charge in [0.1, 0.15) is 11.5 Å². The Balaban J connectivity index is 1.76. The number of aliphatic hydroxyl groups excluding tert-OH is 1. The Morgan fingerprint density at radius 3 is 2.46 bits per heavy atom. The van der Waals surface area contributed by atoms with Gasteiger partial charge in [-0.3, -0.25) is 24.6 Å². The molecule has 2 fully saturated rings. The lowest BCUT2D eigenvalue weighted by atomic mass is 9.95. The number of carbonyl (C=O) groups excluding carboxylic acids is 2. The summed E-state index contributed by atoms with van der Waals surface area (Å²) in [5.41, 5.74) is 0.486. The number of nitrogens with zero attached hydrogens (tertiary/aromatic N) is 3. The van der Waals surface area contributed by atoms with Gasteiger partial charge in [0.2, 0.25) is 0 Å². The Hall–Kier alpha value is -3.47. The molecule has 0 bridgehead atoms. The number of hydrogen-bond donors (Lipinski definition) is 1. The van der Waals surface area contributed by atoms with Crippen molar-refractivity contribution in [3.8, 4) is 5.75 Å². The Morgan fingerprint density at radius 1 is 1.17 bits per heavy atom. The largest absolute Gasteiger partial charge is 0.507 e. The number of methoxy groups -OCH3 is 1. The number of likely N-dealkylation sites (tertiary alicyclic amines) is 1. The van der Waals surface area contributed by atoms with E-state index in [9.17, 15) is 24.8 Å². The van der Waals surface area contributed by atoms with Gasteiger partial charge in [0, 0.05) is 43.9 Å². The molecule has 2 heterocycles. The minimum atomic E-state index is -0.919.